The van der Waals surface area contributed by atoms with E-state index in [0.717, 1.165) is 12.8 Å². The second-order valence-electron chi connectivity index (χ2n) is 7.01. The Bertz CT molecular complexity index is 1120. The molecule has 3 aromatic rings. The Hall–Kier alpha value is -4.40. The molecule has 0 aliphatic heterocycles. The lowest BCUT2D eigenvalue weighted by Crippen LogP contribution is -2.30. The standard InChI is InChI=1S/C24H23N3O6/c1-2-3-14-32-20-12-6-17(7-13-20)23(28)26-22(16-21-5-4-15-33-21)24(29)25-18-8-10-19(11-9-18)27(30)31/h4-13,15-16H,2-3,14H2,1H3,(H,25,29)(H,26,28)/b22-16+. The van der Waals surface area contributed by atoms with Crippen LogP contribution in [0, 0.1) is 10.1 Å². The second kappa shape index (κ2) is 11.3. The summed E-state index contributed by atoms with van der Waals surface area (Å²) in [5, 5.41) is 16.0. The van der Waals surface area contributed by atoms with Crippen LogP contribution in [0.2, 0.25) is 0 Å². The molecule has 2 aromatic carbocycles. The Balaban J connectivity index is 1.73. The predicted molar refractivity (Wildman–Crippen MR) is 123 cm³/mol. The zero-order valence-corrected chi connectivity index (χ0v) is 17.9. The molecule has 0 fully saturated rings. The van der Waals surface area contributed by atoms with Crippen LogP contribution in [0.1, 0.15) is 35.9 Å². The van der Waals surface area contributed by atoms with Crippen LogP contribution >= 0.6 is 0 Å². The Labute approximate surface area is 190 Å². The fourth-order valence-electron chi connectivity index (χ4n) is 2.77. The fourth-order valence-corrected chi connectivity index (χ4v) is 2.77. The van der Waals surface area contributed by atoms with Crippen LogP contribution in [0.3, 0.4) is 0 Å². The van der Waals surface area contributed by atoms with Gasteiger partial charge in [-0.05, 0) is 55.0 Å². The summed E-state index contributed by atoms with van der Waals surface area (Å²) in [5.74, 6) is -0.0917. The molecule has 0 radical (unpaired) electrons. The molecule has 0 spiro atoms. The van der Waals surface area contributed by atoms with Crippen molar-refractivity contribution in [2.75, 3.05) is 11.9 Å². The lowest BCUT2D eigenvalue weighted by Gasteiger charge is -2.11. The number of rotatable bonds is 10. The maximum atomic E-state index is 12.8. The molecular formula is C24H23N3O6. The Morgan fingerprint density at radius 1 is 1.09 bits per heavy atom. The minimum Gasteiger partial charge on any atom is -0.494 e. The molecule has 0 saturated heterocycles. The minimum atomic E-state index is -0.617. The highest BCUT2D eigenvalue weighted by atomic mass is 16.6. The number of ether oxygens (including phenoxy) is 1. The zero-order chi connectivity index (χ0) is 23.6. The summed E-state index contributed by atoms with van der Waals surface area (Å²) < 4.78 is 10.9. The lowest BCUT2D eigenvalue weighted by molar-refractivity contribution is -0.384. The molecule has 9 nitrogen and oxygen atoms in total. The molecule has 33 heavy (non-hydrogen) atoms. The average Bonchev–Trinajstić information content (AvgIpc) is 3.33. The van der Waals surface area contributed by atoms with Gasteiger partial charge in [-0.2, -0.15) is 0 Å². The van der Waals surface area contributed by atoms with Gasteiger partial charge in [-0.25, -0.2) is 0 Å². The molecular weight excluding hydrogens is 426 g/mol. The maximum Gasteiger partial charge on any atom is 0.272 e. The van der Waals surface area contributed by atoms with Gasteiger partial charge >= 0.3 is 0 Å². The van der Waals surface area contributed by atoms with Crippen molar-refractivity contribution in [3.63, 3.8) is 0 Å². The summed E-state index contributed by atoms with van der Waals surface area (Å²) in [6.45, 7) is 2.67. The molecule has 0 unspecified atom stereocenters. The molecule has 2 amide bonds. The molecule has 2 N–H and O–H groups in total. The summed E-state index contributed by atoms with van der Waals surface area (Å²) in [7, 11) is 0. The van der Waals surface area contributed by atoms with Crippen molar-refractivity contribution >= 4 is 29.3 Å². The predicted octanol–water partition coefficient (Wildman–Crippen LogP) is 4.78. The molecule has 9 heteroatoms. The third-order valence-electron chi connectivity index (χ3n) is 4.54. The van der Waals surface area contributed by atoms with Crippen LogP contribution in [-0.2, 0) is 4.79 Å². The molecule has 1 aromatic heterocycles. The Morgan fingerprint density at radius 3 is 2.42 bits per heavy atom. The first-order valence-corrected chi connectivity index (χ1v) is 10.3. The van der Waals surface area contributed by atoms with E-state index in [4.69, 9.17) is 9.15 Å². The number of anilines is 1. The monoisotopic (exact) mass is 449 g/mol. The van der Waals surface area contributed by atoms with Crippen molar-refractivity contribution in [3.05, 3.63) is 94.1 Å². The number of nitrogens with zero attached hydrogens (tertiary/aromatic N) is 1. The number of carbonyl (C=O) groups excluding carboxylic acids is 2. The maximum absolute atomic E-state index is 12.8. The van der Waals surface area contributed by atoms with Crippen LogP contribution in [0.15, 0.2) is 77.0 Å². The molecule has 1 heterocycles. The molecule has 0 saturated carbocycles. The van der Waals surface area contributed by atoms with E-state index in [-0.39, 0.29) is 11.4 Å². The van der Waals surface area contributed by atoms with Gasteiger partial charge in [0.2, 0.25) is 0 Å². The highest BCUT2D eigenvalue weighted by Gasteiger charge is 2.16. The van der Waals surface area contributed by atoms with Crippen molar-refractivity contribution < 1.29 is 23.7 Å². The van der Waals surface area contributed by atoms with Gasteiger partial charge in [0, 0.05) is 29.5 Å². The third-order valence-corrected chi connectivity index (χ3v) is 4.54. The number of hydrogen-bond acceptors (Lipinski definition) is 6. The number of nitro benzene ring substituents is 1. The molecule has 0 aliphatic rings. The third kappa shape index (κ3) is 6.79. The lowest BCUT2D eigenvalue weighted by atomic mass is 10.2. The zero-order valence-electron chi connectivity index (χ0n) is 17.9. The van der Waals surface area contributed by atoms with Crippen molar-refractivity contribution in [1.29, 1.82) is 0 Å². The number of nitrogens with one attached hydrogen (secondary N) is 2. The number of benzene rings is 2. The van der Waals surface area contributed by atoms with E-state index in [2.05, 4.69) is 17.6 Å². The number of hydrogen-bond donors (Lipinski definition) is 2. The van der Waals surface area contributed by atoms with Gasteiger partial charge in [0.05, 0.1) is 17.8 Å². The van der Waals surface area contributed by atoms with Gasteiger partial charge in [-0.15, -0.1) is 0 Å². The number of nitro groups is 1. The first kappa shape index (κ1) is 23.3. The van der Waals surface area contributed by atoms with Crippen LogP contribution in [0.25, 0.3) is 6.08 Å². The van der Waals surface area contributed by atoms with E-state index in [1.54, 1.807) is 36.4 Å². The van der Waals surface area contributed by atoms with E-state index in [1.807, 2.05) is 0 Å². The summed E-state index contributed by atoms with van der Waals surface area (Å²) in [5.41, 5.74) is 0.511. The smallest absolute Gasteiger partial charge is 0.272 e. The first-order valence-electron chi connectivity index (χ1n) is 10.3. The van der Waals surface area contributed by atoms with E-state index < -0.39 is 16.7 Å². The fraction of sp³-hybridized carbons (Fsp3) is 0.167. The van der Waals surface area contributed by atoms with Gasteiger partial charge in [-0.1, -0.05) is 13.3 Å². The van der Waals surface area contributed by atoms with Crippen molar-refractivity contribution in [2.45, 2.75) is 19.8 Å². The first-order chi connectivity index (χ1) is 16.0. The number of furan rings is 1. The Morgan fingerprint density at radius 2 is 1.82 bits per heavy atom. The van der Waals surface area contributed by atoms with Gasteiger partial charge in [0.25, 0.3) is 17.5 Å². The quantitative estimate of drug-likeness (QED) is 0.199. The SMILES string of the molecule is CCCCOc1ccc(C(=O)N/C(=C/c2ccco2)C(=O)Nc2ccc([N+](=O)[O-])cc2)cc1. The van der Waals surface area contributed by atoms with Gasteiger partial charge in [0.1, 0.15) is 17.2 Å². The van der Waals surface area contributed by atoms with Crippen molar-refractivity contribution in [3.8, 4) is 5.75 Å². The normalized spacial score (nSPS) is 11.0. The number of carbonyl (C=O) groups is 2. The van der Waals surface area contributed by atoms with Crippen LogP contribution in [-0.4, -0.2) is 23.3 Å². The molecule has 0 aliphatic carbocycles. The average molecular weight is 449 g/mol. The largest absolute Gasteiger partial charge is 0.494 e. The summed E-state index contributed by atoms with van der Waals surface area (Å²) in [6.07, 6.45) is 4.79. The topological polar surface area (TPSA) is 124 Å². The summed E-state index contributed by atoms with van der Waals surface area (Å²) in [4.78, 5) is 35.9. The number of non-ortho nitro benzene ring substituents is 1. The van der Waals surface area contributed by atoms with Gasteiger partial charge < -0.3 is 19.8 Å². The van der Waals surface area contributed by atoms with Crippen LogP contribution in [0.4, 0.5) is 11.4 Å². The molecule has 3 rings (SSSR count). The van der Waals surface area contributed by atoms with E-state index in [0.29, 0.717) is 29.4 Å². The summed E-state index contributed by atoms with van der Waals surface area (Å²) in [6, 6.07) is 15.2. The Kier molecular flexibility index (Phi) is 7.96. The van der Waals surface area contributed by atoms with E-state index in [1.165, 1.54) is 36.6 Å². The highest BCUT2D eigenvalue weighted by Crippen LogP contribution is 2.17. The van der Waals surface area contributed by atoms with E-state index >= 15 is 0 Å². The van der Waals surface area contributed by atoms with Gasteiger partial charge in [-0.3, -0.25) is 19.7 Å². The highest BCUT2D eigenvalue weighted by molar-refractivity contribution is 6.10. The minimum absolute atomic E-state index is 0.0587. The molecule has 0 atom stereocenters. The van der Waals surface area contributed by atoms with Crippen LogP contribution in [0.5, 0.6) is 5.75 Å². The number of amides is 2. The van der Waals surface area contributed by atoms with Crippen molar-refractivity contribution in [2.24, 2.45) is 0 Å². The molecule has 170 valence electrons. The number of unbranched alkanes of at least 4 members (excludes halogenated alkanes) is 1. The van der Waals surface area contributed by atoms with Gasteiger partial charge in [0.15, 0.2) is 0 Å². The molecule has 0 bridgehead atoms. The second-order valence-corrected chi connectivity index (χ2v) is 7.01. The van der Waals surface area contributed by atoms with Crippen molar-refractivity contribution in [1.82, 2.24) is 5.32 Å². The van der Waals surface area contributed by atoms with Crippen LogP contribution < -0.4 is 15.4 Å². The summed E-state index contributed by atoms with van der Waals surface area (Å²) >= 11 is 0. The van der Waals surface area contributed by atoms with E-state index in [9.17, 15) is 19.7 Å².